The smallest absolute Gasteiger partial charge is 0.267 e. The van der Waals surface area contributed by atoms with E-state index >= 15 is 0 Å². The molecule has 0 radical (unpaired) electrons. The second kappa shape index (κ2) is 8.46. The summed E-state index contributed by atoms with van der Waals surface area (Å²) >= 11 is 2.86. The van der Waals surface area contributed by atoms with Gasteiger partial charge in [0.25, 0.3) is 5.56 Å². The first-order chi connectivity index (χ1) is 13.7. The number of carbonyl (C=O) groups is 1. The highest BCUT2D eigenvalue weighted by Crippen LogP contribution is 2.27. The number of ether oxygens (including phenoxy) is 1. The summed E-state index contributed by atoms with van der Waals surface area (Å²) in [5.41, 5.74) is 0.668. The van der Waals surface area contributed by atoms with Crippen LogP contribution in [0.1, 0.15) is 11.8 Å². The Morgan fingerprint density at radius 3 is 2.71 bits per heavy atom. The fraction of sp³-hybridized carbons (Fsp3) is 0.350. The van der Waals surface area contributed by atoms with E-state index in [4.69, 9.17) is 9.72 Å². The summed E-state index contributed by atoms with van der Waals surface area (Å²) in [4.78, 5) is 34.2. The van der Waals surface area contributed by atoms with Gasteiger partial charge in [-0.1, -0.05) is 36.9 Å². The molecule has 1 saturated heterocycles. The maximum absolute atomic E-state index is 13.2. The number of aryl methyl sites for hydroxylation is 1. The highest BCUT2D eigenvalue weighted by Gasteiger charge is 2.20. The van der Waals surface area contributed by atoms with Crippen molar-refractivity contribution in [1.29, 1.82) is 0 Å². The van der Waals surface area contributed by atoms with Gasteiger partial charge in [-0.3, -0.25) is 14.2 Å². The third-order valence-electron chi connectivity index (χ3n) is 4.64. The summed E-state index contributed by atoms with van der Waals surface area (Å²) in [6.45, 7) is 4.44. The Kier molecular flexibility index (Phi) is 5.79. The standard InChI is InChI=1S/C20H21N3O3S2/c1-2-15-12-16-18(28-15)21-20(23(19(16)25)14-6-4-3-5-7-14)27-13-17(24)22-8-10-26-11-9-22/h3-7,12H,2,8-11,13H2,1H3. The van der Waals surface area contributed by atoms with E-state index in [0.717, 1.165) is 21.8 Å². The Balaban J connectivity index is 1.71. The number of amides is 1. The van der Waals surface area contributed by atoms with Crippen LogP contribution in [0.4, 0.5) is 0 Å². The number of para-hydroxylation sites is 1. The number of fused-ring (bicyclic) bond motifs is 1. The molecule has 3 aromatic rings. The van der Waals surface area contributed by atoms with Crippen molar-refractivity contribution in [2.45, 2.75) is 18.5 Å². The van der Waals surface area contributed by atoms with Crippen molar-refractivity contribution in [3.8, 4) is 5.69 Å². The third-order valence-corrected chi connectivity index (χ3v) is 6.73. The lowest BCUT2D eigenvalue weighted by Crippen LogP contribution is -2.41. The lowest BCUT2D eigenvalue weighted by atomic mass is 10.3. The Morgan fingerprint density at radius 2 is 2.00 bits per heavy atom. The second-order valence-electron chi connectivity index (χ2n) is 6.44. The van der Waals surface area contributed by atoms with E-state index in [9.17, 15) is 9.59 Å². The summed E-state index contributed by atoms with van der Waals surface area (Å²) in [7, 11) is 0. The van der Waals surface area contributed by atoms with Gasteiger partial charge in [0.1, 0.15) is 4.83 Å². The lowest BCUT2D eigenvalue weighted by Gasteiger charge is -2.26. The molecule has 0 bridgehead atoms. The number of rotatable bonds is 5. The molecular weight excluding hydrogens is 394 g/mol. The van der Waals surface area contributed by atoms with E-state index in [1.807, 2.05) is 36.4 Å². The van der Waals surface area contributed by atoms with Gasteiger partial charge in [-0.2, -0.15) is 0 Å². The van der Waals surface area contributed by atoms with Gasteiger partial charge in [-0.25, -0.2) is 4.98 Å². The molecule has 0 atom stereocenters. The molecule has 28 heavy (non-hydrogen) atoms. The molecule has 0 N–H and O–H groups in total. The van der Waals surface area contributed by atoms with E-state index in [2.05, 4.69) is 6.92 Å². The van der Waals surface area contributed by atoms with Crippen LogP contribution in [0.5, 0.6) is 0 Å². The zero-order valence-electron chi connectivity index (χ0n) is 15.6. The van der Waals surface area contributed by atoms with Gasteiger partial charge in [-0.05, 0) is 24.6 Å². The number of carbonyl (C=O) groups excluding carboxylic acids is 1. The van der Waals surface area contributed by atoms with Gasteiger partial charge >= 0.3 is 0 Å². The third kappa shape index (κ3) is 3.85. The minimum Gasteiger partial charge on any atom is -0.378 e. The van der Waals surface area contributed by atoms with Crippen LogP contribution in [0.25, 0.3) is 15.9 Å². The highest BCUT2D eigenvalue weighted by atomic mass is 32.2. The van der Waals surface area contributed by atoms with E-state index in [0.29, 0.717) is 36.8 Å². The molecule has 8 heteroatoms. The molecule has 1 aromatic carbocycles. The van der Waals surface area contributed by atoms with Crippen LogP contribution >= 0.6 is 23.1 Å². The summed E-state index contributed by atoms with van der Waals surface area (Å²) in [5.74, 6) is 0.291. The maximum atomic E-state index is 13.2. The molecule has 2 aromatic heterocycles. The first kappa shape index (κ1) is 19.2. The minimum absolute atomic E-state index is 0.0442. The minimum atomic E-state index is -0.0894. The molecule has 0 spiro atoms. The Morgan fingerprint density at radius 1 is 1.25 bits per heavy atom. The maximum Gasteiger partial charge on any atom is 0.267 e. The van der Waals surface area contributed by atoms with Crippen LogP contribution in [0.3, 0.4) is 0 Å². The number of aromatic nitrogens is 2. The number of thioether (sulfide) groups is 1. The van der Waals surface area contributed by atoms with Crippen molar-refractivity contribution in [3.63, 3.8) is 0 Å². The number of benzene rings is 1. The van der Waals surface area contributed by atoms with Crippen LogP contribution in [0.15, 0.2) is 46.3 Å². The van der Waals surface area contributed by atoms with E-state index in [-0.39, 0.29) is 17.2 Å². The zero-order chi connectivity index (χ0) is 19.5. The topological polar surface area (TPSA) is 64.4 Å². The van der Waals surface area contributed by atoms with Crippen molar-refractivity contribution in [2.24, 2.45) is 0 Å². The van der Waals surface area contributed by atoms with Crippen LogP contribution in [-0.4, -0.2) is 52.4 Å². The first-order valence-corrected chi connectivity index (χ1v) is 11.1. The molecule has 3 heterocycles. The second-order valence-corrected chi connectivity index (χ2v) is 8.50. The van der Waals surface area contributed by atoms with E-state index < -0.39 is 0 Å². The number of morpholine rings is 1. The van der Waals surface area contributed by atoms with Gasteiger partial charge in [0, 0.05) is 18.0 Å². The van der Waals surface area contributed by atoms with Gasteiger partial charge in [0.2, 0.25) is 5.91 Å². The Hall–Kier alpha value is -2.16. The normalized spacial score (nSPS) is 14.5. The summed E-state index contributed by atoms with van der Waals surface area (Å²) in [5, 5.41) is 1.18. The largest absolute Gasteiger partial charge is 0.378 e. The molecule has 4 rings (SSSR count). The molecule has 1 amide bonds. The van der Waals surface area contributed by atoms with E-state index in [1.165, 1.54) is 11.8 Å². The molecule has 146 valence electrons. The van der Waals surface area contributed by atoms with Gasteiger partial charge < -0.3 is 9.64 Å². The molecular formula is C20H21N3O3S2. The highest BCUT2D eigenvalue weighted by molar-refractivity contribution is 7.99. The number of hydrogen-bond acceptors (Lipinski definition) is 6. The summed E-state index contributed by atoms with van der Waals surface area (Å²) in [6.07, 6.45) is 0.865. The fourth-order valence-electron chi connectivity index (χ4n) is 3.12. The fourth-order valence-corrected chi connectivity index (χ4v) is 5.04. The van der Waals surface area contributed by atoms with E-state index in [1.54, 1.807) is 20.8 Å². The predicted molar refractivity (Wildman–Crippen MR) is 113 cm³/mol. The monoisotopic (exact) mass is 415 g/mol. The summed E-state index contributed by atoms with van der Waals surface area (Å²) < 4.78 is 6.93. The lowest BCUT2D eigenvalue weighted by molar-refractivity contribution is -0.132. The molecule has 1 aliphatic heterocycles. The number of hydrogen-bond donors (Lipinski definition) is 0. The quantitative estimate of drug-likeness (QED) is 0.474. The first-order valence-electron chi connectivity index (χ1n) is 9.26. The van der Waals surface area contributed by atoms with Crippen molar-refractivity contribution in [2.75, 3.05) is 32.1 Å². The Labute approximate surface area is 171 Å². The van der Waals surface area contributed by atoms with Gasteiger partial charge in [-0.15, -0.1) is 11.3 Å². The Bertz CT molecular complexity index is 1040. The van der Waals surface area contributed by atoms with Crippen molar-refractivity contribution >= 4 is 39.2 Å². The number of nitrogens with zero attached hydrogens (tertiary/aromatic N) is 3. The average molecular weight is 416 g/mol. The molecule has 0 aliphatic carbocycles. The molecule has 6 nitrogen and oxygen atoms in total. The molecule has 0 unspecified atom stereocenters. The average Bonchev–Trinajstić information content (AvgIpc) is 3.17. The van der Waals surface area contributed by atoms with Crippen LogP contribution in [0.2, 0.25) is 0 Å². The summed E-state index contributed by atoms with van der Waals surface area (Å²) in [6, 6.07) is 11.4. The molecule has 0 saturated carbocycles. The van der Waals surface area contributed by atoms with Crippen molar-refractivity contribution in [3.05, 3.63) is 51.6 Å². The SMILES string of the molecule is CCc1cc2c(=O)n(-c3ccccc3)c(SCC(=O)N3CCOCC3)nc2s1. The molecule has 1 aliphatic rings. The van der Waals surface area contributed by atoms with Crippen molar-refractivity contribution < 1.29 is 9.53 Å². The zero-order valence-corrected chi connectivity index (χ0v) is 17.2. The van der Waals surface area contributed by atoms with Crippen LogP contribution < -0.4 is 5.56 Å². The van der Waals surface area contributed by atoms with Crippen LogP contribution in [0, 0.1) is 0 Å². The molecule has 1 fully saturated rings. The van der Waals surface area contributed by atoms with Crippen LogP contribution in [-0.2, 0) is 16.0 Å². The predicted octanol–water partition coefficient (Wildman–Crippen LogP) is 2.96. The van der Waals surface area contributed by atoms with Gasteiger partial charge in [0.05, 0.1) is 30.0 Å². The van der Waals surface area contributed by atoms with Crippen molar-refractivity contribution in [1.82, 2.24) is 14.5 Å². The van der Waals surface area contributed by atoms with Gasteiger partial charge in [0.15, 0.2) is 5.16 Å². The number of thiophene rings is 1.